The summed E-state index contributed by atoms with van der Waals surface area (Å²) in [5, 5.41) is 9.39. The smallest absolute Gasteiger partial charge is 0.121 e. The fourth-order valence-electron chi connectivity index (χ4n) is 3.64. The van der Waals surface area contributed by atoms with Crippen molar-refractivity contribution < 1.29 is 4.74 Å². The largest absolute Gasteiger partial charge is 0.490 e. The zero-order valence-electron chi connectivity index (χ0n) is 15.0. The third kappa shape index (κ3) is 3.82. The van der Waals surface area contributed by atoms with E-state index in [1.54, 1.807) is 12.1 Å². The van der Waals surface area contributed by atoms with Crippen LogP contribution in [-0.4, -0.2) is 15.7 Å². The fourth-order valence-corrected chi connectivity index (χ4v) is 3.86. The maximum atomic E-state index is 8.94. The quantitative estimate of drug-likeness (QED) is 0.758. The molecule has 1 heterocycles. The van der Waals surface area contributed by atoms with E-state index in [0.29, 0.717) is 22.4 Å². The fraction of sp³-hybridized carbons (Fsp3) is 0.500. The maximum Gasteiger partial charge on any atom is 0.121 e. The predicted molar refractivity (Wildman–Crippen MR) is 99.1 cm³/mol. The van der Waals surface area contributed by atoms with Crippen LogP contribution in [0, 0.1) is 11.3 Å². The van der Waals surface area contributed by atoms with E-state index in [9.17, 15) is 0 Å². The molecule has 1 aromatic heterocycles. The van der Waals surface area contributed by atoms with E-state index in [4.69, 9.17) is 21.6 Å². The average molecular weight is 358 g/mol. The number of aromatic nitrogens is 2. The molecular formula is C20H24ClN3O. The molecule has 1 fully saturated rings. The van der Waals surface area contributed by atoms with Crippen LogP contribution >= 0.6 is 11.6 Å². The number of benzene rings is 1. The van der Waals surface area contributed by atoms with Gasteiger partial charge in [0.25, 0.3) is 0 Å². The van der Waals surface area contributed by atoms with Gasteiger partial charge in [-0.15, -0.1) is 0 Å². The Morgan fingerprint density at radius 1 is 1.28 bits per heavy atom. The Bertz CT molecular complexity index is 783. The van der Waals surface area contributed by atoms with Gasteiger partial charge in [0.15, 0.2) is 0 Å². The zero-order valence-corrected chi connectivity index (χ0v) is 15.8. The number of hydrogen-bond acceptors (Lipinski definition) is 3. The van der Waals surface area contributed by atoms with Crippen LogP contribution in [0.1, 0.15) is 68.4 Å². The van der Waals surface area contributed by atoms with Crippen molar-refractivity contribution in [1.29, 1.82) is 5.26 Å². The summed E-state index contributed by atoms with van der Waals surface area (Å²) in [7, 11) is 2.12. The minimum absolute atomic E-state index is 0.199. The summed E-state index contributed by atoms with van der Waals surface area (Å²) >= 11 is 6.08. The van der Waals surface area contributed by atoms with Crippen molar-refractivity contribution >= 4 is 11.6 Å². The van der Waals surface area contributed by atoms with Gasteiger partial charge in [-0.3, -0.25) is 0 Å². The van der Waals surface area contributed by atoms with Gasteiger partial charge in [0.2, 0.25) is 0 Å². The minimum Gasteiger partial charge on any atom is -0.490 e. The zero-order chi connectivity index (χ0) is 18.0. The summed E-state index contributed by atoms with van der Waals surface area (Å²) in [6.45, 7) is 4.41. The molecule has 1 aliphatic rings. The van der Waals surface area contributed by atoms with Gasteiger partial charge in [0.1, 0.15) is 17.6 Å². The number of hydrogen-bond donors (Lipinski definition) is 0. The minimum atomic E-state index is 0.199. The van der Waals surface area contributed by atoms with Crippen LogP contribution in [0.2, 0.25) is 5.02 Å². The van der Waals surface area contributed by atoms with Gasteiger partial charge in [-0.2, -0.15) is 5.26 Å². The third-order valence-corrected chi connectivity index (χ3v) is 5.37. The van der Waals surface area contributed by atoms with Crippen molar-refractivity contribution in [2.75, 3.05) is 0 Å². The lowest BCUT2D eigenvalue weighted by Gasteiger charge is -2.29. The van der Waals surface area contributed by atoms with Crippen LogP contribution in [0.5, 0.6) is 5.75 Å². The van der Waals surface area contributed by atoms with Crippen LogP contribution in [0.25, 0.3) is 0 Å². The monoisotopic (exact) mass is 357 g/mol. The van der Waals surface area contributed by atoms with E-state index in [1.165, 1.54) is 11.5 Å². The van der Waals surface area contributed by atoms with Crippen molar-refractivity contribution in [3.05, 3.63) is 46.5 Å². The molecule has 0 amide bonds. The highest BCUT2D eigenvalue weighted by Gasteiger charge is 2.27. The van der Waals surface area contributed by atoms with Gasteiger partial charge in [-0.05, 0) is 43.7 Å². The first kappa shape index (κ1) is 17.8. The van der Waals surface area contributed by atoms with Gasteiger partial charge in [-0.25, -0.2) is 4.98 Å². The number of imidazole rings is 1. The molecule has 5 heteroatoms. The summed E-state index contributed by atoms with van der Waals surface area (Å²) in [5.41, 5.74) is 1.77. The van der Waals surface area contributed by atoms with Crippen molar-refractivity contribution in [1.82, 2.24) is 9.55 Å². The number of nitrogens with zero attached hydrogens (tertiary/aromatic N) is 3. The summed E-state index contributed by atoms with van der Waals surface area (Å²) in [5.74, 6) is 2.93. The molecule has 132 valence electrons. The molecule has 1 saturated carbocycles. The molecule has 0 spiro atoms. The molecular weight excluding hydrogens is 334 g/mol. The van der Waals surface area contributed by atoms with Gasteiger partial charge in [0, 0.05) is 30.9 Å². The first-order valence-electron chi connectivity index (χ1n) is 8.87. The van der Waals surface area contributed by atoms with Crippen LogP contribution < -0.4 is 4.74 Å². The van der Waals surface area contributed by atoms with E-state index < -0.39 is 0 Å². The van der Waals surface area contributed by atoms with Gasteiger partial charge in [0.05, 0.1) is 16.7 Å². The number of ether oxygens (including phenoxy) is 1. The molecule has 0 bridgehead atoms. The van der Waals surface area contributed by atoms with Crippen molar-refractivity contribution in [2.45, 2.75) is 57.5 Å². The van der Waals surface area contributed by atoms with Crippen molar-refractivity contribution in [2.24, 2.45) is 7.05 Å². The SMILES string of the molecule is CC(C)c1cnc([C@H]2CC[C@H](Oc3ccc(C#N)c(Cl)c3)CC2)n1C. The molecule has 25 heavy (non-hydrogen) atoms. The number of rotatable bonds is 4. The maximum absolute atomic E-state index is 8.94. The Hall–Kier alpha value is -1.99. The summed E-state index contributed by atoms with van der Waals surface area (Å²) in [6.07, 6.45) is 6.39. The van der Waals surface area contributed by atoms with Crippen LogP contribution in [-0.2, 0) is 7.05 Å². The highest BCUT2D eigenvalue weighted by molar-refractivity contribution is 6.31. The van der Waals surface area contributed by atoms with E-state index in [0.717, 1.165) is 31.4 Å². The number of halogens is 1. The second kappa shape index (κ2) is 7.49. The topological polar surface area (TPSA) is 50.8 Å². The molecule has 0 radical (unpaired) electrons. The average Bonchev–Trinajstić information content (AvgIpc) is 2.97. The number of nitriles is 1. The van der Waals surface area contributed by atoms with E-state index in [1.807, 2.05) is 12.3 Å². The van der Waals surface area contributed by atoms with E-state index in [2.05, 4.69) is 36.5 Å². The predicted octanol–water partition coefficient (Wildman–Crippen LogP) is 5.17. The normalized spacial score (nSPS) is 20.5. The second-order valence-electron chi connectivity index (χ2n) is 7.10. The molecule has 0 unspecified atom stereocenters. The second-order valence-corrected chi connectivity index (χ2v) is 7.51. The molecule has 0 aliphatic heterocycles. The Morgan fingerprint density at radius 2 is 2.00 bits per heavy atom. The van der Waals surface area contributed by atoms with Crippen molar-refractivity contribution in [3.63, 3.8) is 0 Å². The Labute approximate surface area is 154 Å². The highest BCUT2D eigenvalue weighted by atomic mass is 35.5. The Kier molecular flexibility index (Phi) is 5.34. The Balaban J connectivity index is 1.61. The van der Waals surface area contributed by atoms with Crippen LogP contribution in [0.3, 0.4) is 0 Å². The summed E-state index contributed by atoms with van der Waals surface area (Å²) in [4.78, 5) is 4.67. The van der Waals surface area contributed by atoms with Gasteiger partial charge in [-0.1, -0.05) is 25.4 Å². The molecule has 4 nitrogen and oxygen atoms in total. The standard InChI is InChI=1S/C20H24ClN3O/c1-13(2)19-12-23-20(24(19)3)14-4-7-16(8-5-14)25-17-9-6-15(11-22)18(21)10-17/h6,9-10,12-14,16H,4-5,7-8H2,1-3H3/t14-,16-. The van der Waals surface area contributed by atoms with Gasteiger partial charge < -0.3 is 9.30 Å². The molecule has 3 rings (SSSR count). The molecule has 0 atom stereocenters. The molecule has 0 N–H and O–H groups in total. The molecule has 0 saturated heterocycles. The molecule has 1 aliphatic carbocycles. The van der Waals surface area contributed by atoms with Gasteiger partial charge >= 0.3 is 0 Å². The molecule has 2 aromatic rings. The van der Waals surface area contributed by atoms with Crippen LogP contribution in [0.15, 0.2) is 24.4 Å². The first-order chi connectivity index (χ1) is 12.0. The molecule has 1 aromatic carbocycles. The summed E-state index contributed by atoms with van der Waals surface area (Å²) < 4.78 is 8.33. The Morgan fingerprint density at radius 3 is 2.56 bits per heavy atom. The third-order valence-electron chi connectivity index (χ3n) is 5.05. The first-order valence-corrected chi connectivity index (χ1v) is 9.25. The highest BCUT2D eigenvalue weighted by Crippen LogP contribution is 2.35. The summed E-state index contributed by atoms with van der Waals surface area (Å²) in [6, 6.07) is 7.34. The van der Waals surface area contributed by atoms with E-state index >= 15 is 0 Å². The lowest BCUT2D eigenvalue weighted by atomic mass is 9.86. The van der Waals surface area contributed by atoms with E-state index in [-0.39, 0.29) is 6.10 Å². The lowest BCUT2D eigenvalue weighted by molar-refractivity contribution is 0.144. The lowest BCUT2D eigenvalue weighted by Crippen LogP contribution is -2.24. The van der Waals surface area contributed by atoms with Crippen LogP contribution in [0.4, 0.5) is 0 Å². The van der Waals surface area contributed by atoms with Crippen molar-refractivity contribution in [3.8, 4) is 11.8 Å².